The van der Waals surface area contributed by atoms with Crippen molar-refractivity contribution in [3.63, 3.8) is 0 Å². The van der Waals surface area contributed by atoms with Crippen LogP contribution in [0.1, 0.15) is 91.9 Å². The van der Waals surface area contributed by atoms with Crippen LogP contribution < -0.4 is 0 Å². The van der Waals surface area contributed by atoms with Gasteiger partial charge in [-0.25, -0.2) is 0 Å². The highest BCUT2D eigenvalue weighted by Crippen LogP contribution is 2.07. The lowest BCUT2D eigenvalue weighted by molar-refractivity contribution is 0.183. The molecule has 0 amide bonds. The predicted molar refractivity (Wildman–Crippen MR) is 74.9 cm³/mol. The van der Waals surface area contributed by atoms with Gasteiger partial charge < -0.3 is 5.11 Å². The Morgan fingerprint density at radius 1 is 0.688 bits per heavy atom. The fraction of sp³-hybridized carbons (Fsp3) is 1.00. The van der Waals surface area contributed by atoms with Gasteiger partial charge in [-0.1, -0.05) is 78.6 Å². The van der Waals surface area contributed by atoms with Crippen LogP contribution in [0.4, 0.5) is 0 Å². The molecule has 0 aliphatic carbocycles. The molecule has 0 aliphatic rings. The fourth-order valence-electron chi connectivity index (χ4n) is 1.62. The highest BCUT2D eigenvalue weighted by molar-refractivity contribution is 4.43. The van der Waals surface area contributed by atoms with Crippen molar-refractivity contribution >= 4 is 0 Å². The molecule has 0 saturated heterocycles. The minimum absolute atomic E-state index is 0.102. The van der Waals surface area contributed by atoms with Gasteiger partial charge in [0, 0.05) is 0 Å². The lowest BCUT2D eigenvalue weighted by Gasteiger charge is -1.97. The maximum absolute atomic E-state index is 8.55. The Morgan fingerprint density at radius 2 is 1.06 bits per heavy atom. The van der Waals surface area contributed by atoms with Crippen LogP contribution in [0.5, 0.6) is 0 Å². The summed E-state index contributed by atoms with van der Waals surface area (Å²) in [4.78, 5) is 0. The number of rotatable bonds is 9. The zero-order chi connectivity index (χ0) is 12.6. The maximum Gasteiger partial charge on any atom is 0.0512 e. The zero-order valence-electron chi connectivity index (χ0n) is 12.1. The molecule has 0 bridgehead atoms. The molecule has 1 heteroatoms. The first-order valence-electron chi connectivity index (χ1n) is 7.37. The topological polar surface area (TPSA) is 20.2 Å². The smallest absolute Gasteiger partial charge is 0.0512 e. The third-order valence-electron chi connectivity index (χ3n) is 2.66. The van der Waals surface area contributed by atoms with Crippen LogP contribution >= 0.6 is 0 Å². The van der Waals surface area contributed by atoms with Gasteiger partial charge in [-0.05, 0) is 13.3 Å². The van der Waals surface area contributed by atoms with Crippen LogP contribution in [-0.4, -0.2) is 11.2 Å². The minimum Gasteiger partial charge on any atom is -0.393 e. The first-order valence-corrected chi connectivity index (χ1v) is 7.37. The van der Waals surface area contributed by atoms with Crippen LogP contribution in [0.25, 0.3) is 0 Å². The van der Waals surface area contributed by atoms with E-state index in [9.17, 15) is 0 Å². The van der Waals surface area contributed by atoms with Gasteiger partial charge in [0.25, 0.3) is 0 Å². The highest BCUT2D eigenvalue weighted by Gasteiger charge is 1.88. The van der Waals surface area contributed by atoms with Gasteiger partial charge in [0.2, 0.25) is 0 Å². The maximum atomic E-state index is 8.55. The quantitative estimate of drug-likeness (QED) is 0.532. The Morgan fingerprint density at radius 3 is 1.25 bits per heavy atom. The lowest BCUT2D eigenvalue weighted by atomic mass is 10.1. The molecule has 1 atom stereocenters. The van der Waals surface area contributed by atoms with E-state index in [1.54, 1.807) is 0 Å². The Hall–Kier alpha value is -0.0400. The van der Waals surface area contributed by atoms with E-state index in [4.69, 9.17) is 5.11 Å². The molecule has 0 aromatic heterocycles. The van der Waals surface area contributed by atoms with Gasteiger partial charge in [0.1, 0.15) is 0 Å². The third kappa shape index (κ3) is 23.6. The van der Waals surface area contributed by atoms with E-state index in [0.29, 0.717) is 0 Å². The Bertz CT molecular complexity index is 91.6. The molecule has 16 heavy (non-hydrogen) atoms. The molecule has 100 valence electrons. The molecule has 0 spiro atoms. The van der Waals surface area contributed by atoms with E-state index in [-0.39, 0.29) is 6.10 Å². The molecule has 0 aromatic rings. The summed E-state index contributed by atoms with van der Waals surface area (Å²) in [5, 5.41) is 8.55. The first-order chi connectivity index (χ1) is 7.68. The molecule has 0 aromatic carbocycles. The van der Waals surface area contributed by atoms with Crippen molar-refractivity contribution in [3.8, 4) is 0 Å². The van der Waals surface area contributed by atoms with Gasteiger partial charge in [0.15, 0.2) is 0 Å². The number of aliphatic hydroxyl groups excluding tert-OH is 1. The van der Waals surface area contributed by atoms with Crippen LogP contribution in [0.3, 0.4) is 0 Å². The summed E-state index contributed by atoms with van der Waals surface area (Å²) in [5.41, 5.74) is 0. The van der Waals surface area contributed by atoms with Crippen molar-refractivity contribution < 1.29 is 5.11 Å². The Labute approximate surface area is 104 Å². The first kappa shape index (κ1) is 18.3. The Kier molecular flexibility index (Phi) is 19.9. The molecule has 1 nitrogen and oxygen atoms in total. The van der Waals surface area contributed by atoms with Crippen LogP contribution in [0.2, 0.25) is 0 Å². The molecule has 0 rings (SSSR count). The summed E-state index contributed by atoms with van der Waals surface area (Å²) >= 11 is 0. The molecule has 0 saturated carbocycles. The molecule has 0 radical (unpaired) electrons. The molecule has 0 heterocycles. The number of hydrogen-bond donors (Lipinski definition) is 1. The van der Waals surface area contributed by atoms with Gasteiger partial charge in [-0.3, -0.25) is 0 Å². The van der Waals surface area contributed by atoms with Gasteiger partial charge in [0.05, 0.1) is 6.10 Å². The molecule has 1 N–H and O–H groups in total. The predicted octanol–water partition coefficient (Wildman–Crippen LogP) is 5.31. The average Bonchev–Trinajstić information content (AvgIpc) is 2.24. The van der Waals surface area contributed by atoms with Crippen molar-refractivity contribution in [3.05, 3.63) is 0 Å². The van der Waals surface area contributed by atoms with E-state index in [1.807, 2.05) is 6.92 Å². The summed E-state index contributed by atoms with van der Waals surface area (Å²) in [7, 11) is 0. The molecular weight excluding hydrogens is 196 g/mol. The van der Waals surface area contributed by atoms with E-state index >= 15 is 0 Å². The van der Waals surface area contributed by atoms with Crippen molar-refractivity contribution in [2.75, 3.05) is 0 Å². The van der Waals surface area contributed by atoms with Crippen LogP contribution in [0.15, 0.2) is 0 Å². The van der Waals surface area contributed by atoms with Crippen molar-refractivity contribution in [1.82, 2.24) is 0 Å². The third-order valence-corrected chi connectivity index (χ3v) is 2.66. The SMILES string of the molecule is CCCC(C)O.CCCCCCCCCC. The van der Waals surface area contributed by atoms with E-state index in [2.05, 4.69) is 20.8 Å². The zero-order valence-corrected chi connectivity index (χ0v) is 12.1. The van der Waals surface area contributed by atoms with Gasteiger partial charge in [-0.15, -0.1) is 0 Å². The minimum atomic E-state index is -0.102. The largest absolute Gasteiger partial charge is 0.393 e. The molecule has 0 fully saturated rings. The lowest BCUT2D eigenvalue weighted by Crippen LogP contribution is -1.95. The van der Waals surface area contributed by atoms with E-state index in [1.165, 1.54) is 51.4 Å². The standard InChI is InChI=1S/C10H22.C5H12O/c1-3-5-7-9-10-8-6-4-2;1-3-4-5(2)6/h3-10H2,1-2H3;5-6H,3-4H2,1-2H3. The molecular formula is C15H34O. The van der Waals surface area contributed by atoms with Gasteiger partial charge >= 0.3 is 0 Å². The van der Waals surface area contributed by atoms with Crippen LogP contribution in [0, 0.1) is 0 Å². The fourth-order valence-corrected chi connectivity index (χ4v) is 1.62. The summed E-state index contributed by atoms with van der Waals surface area (Å²) < 4.78 is 0. The Balaban J connectivity index is 0. The number of hydrogen-bond acceptors (Lipinski definition) is 1. The second-order valence-corrected chi connectivity index (χ2v) is 4.76. The van der Waals surface area contributed by atoms with Crippen LogP contribution in [-0.2, 0) is 0 Å². The second-order valence-electron chi connectivity index (χ2n) is 4.76. The molecule has 1 unspecified atom stereocenters. The summed E-state index contributed by atoms with van der Waals surface area (Å²) in [6, 6.07) is 0. The van der Waals surface area contributed by atoms with Crippen molar-refractivity contribution in [1.29, 1.82) is 0 Å². The molecule has 0 aliphatic heterocycles. The highest BCUT2D eigenvalue weighted by atomic mass is 16.3. The van der Waals surface area contributed by atoms with Gasteiger partial charge in [-0.2, -0.15) is 0 Å². The summed E-state index contributed by atoms with van der Waals surface area (Å²) in [5.74, 6) is 0. The van der Waals surface area contributed by atoms with Crippen molar-refractivity contribution in [2.24, 2.45) is 0 Å². The van der Waals surface area contributed by atoms with E-state index in [0.717, 1.165) is 12.8 Å². The van der Waals surface area contributed by atoms with E-state index < -0.39 is 0 Å². The number of aliphatic hydroxyl groups is 1. The van der Waals surface area contributed by atoms with Crippen molar-refractivity contribution in [2.45, 2.75) is 98.0 Å². The average molecular weight is 230 g/mol. The number of unbranched alkanes of at least 4 members (excludes halogenated alkanes) is 7. The summed E-state index contributed by atoms with van der Waals surface area (Å²) in [6.07, 6.45) is 13.4. The normalized spacial score (nSPS) is 11.8. The summed E-state index contributed by atoms with van der Waals surface area (Å²) in [6.45, 7) is 8.41. The monoisotopic (exact) mass is 230 g/mol. The second kappa shape index (κ2) is 17.4.